The van der Waals surface area contributed by atoms with Gasteiger partial charge in [-0.05, 0) is 38.5 Å². The Morgan fingerprint density at radius 3 is 1.32 bits per heavy atom. The van der Waals surface area contributed by atoms with E-state index in [-0.39, 0.29) is 12.8 Å². The zero-order chi connectivity index (χ0) is 46.8. The number of hydrogen-bond acceptors (Lipinski definition) is 13. The molecule has 63 heavy (non-hydrogen) atoms. The summed E-state index contributed by atoms with van der Waals surface area (Å²) in [5.74, 6) is -1.20. The average Bonchev–Trinajstić information content (AvgIpc) is 3.23. The minimum Gasteiger partial charge on any atom is -0.462 e. The number of hydrogen-bond donors (Lipinski definition) is 7. The molecule has 1 aliphatic rings. The predicted octanol–water partition coefficient (Wildman–Crippen LogP) is 9.18. The summed E-state index contributed by atoms with van der Waals surface area (Å²) < 4.78 is 49.4. The average molecular weight is 945 g/mol. The highest BCUT2D eigenvalue weighted by molar-refractivity contribution is 7.47. The second-order valence-corrected chi connectivity index (χ2v) is 19.8. The van der Waals surface area contributed by atoms with Crippen molar-refractivity contribution in [3.8, 4) is 0 Å². The lowest BCUT2D eigenvalue weighted by atomic mass is 9.85. The number of carbonyl (C=O) groups excluding carboxylic acids is 2. The van der Waals surface area contributed by atoms with E-state index >= 15 is 0 Å². The van der Waals surface area contributed by atoms with Crippen molar-refractivity contribution in [2.24, 2.45) is 0 Å². The number of aliphatic hydroxyl groups excluding tert-OH is 4. The fraction of sp³-hybridized carbons (Fsp3) is 0.911. The molecule has 0 aliphatic heterocycles. The summed E-state index contributed by atoms with van der Waals surface area (Å²) in [7, 11) is -10.7. The van der Waals surface area contributed by atoms with Gasteiger partial charge in [0.25, 0.3) is 0 Å². The van der Waals surface area contributed by atoms with Gasteiger partial charge in [-0.15, -0.1) is 0 Å². The highest BCUT2D eigenvalue weighted by Gasteiger charge is 2.54. The maximum Gasteiger partial charge on any atom is 0.472 e. The van der Waals surface area contributed by atoms with E-state index < -0.39 is 83.5 Å². The van der Waals surface area contributed by atoms with Crippen LogP contribution in [-0.2, 0) is 41.8 Å². The second kappa shape index (κ2) is 36.8. The van der Waals surface area contributed by atoms with Gasteiger partial charge in [-0.1, -0.05) is 167 Å². The van der Waals surface area contributed by atoms with Crippen LogP contribution >= 0.6 is 15.6 Å². The molecule has 372 valence electrons. The van der Waals surface area contributed by atoms with Crippen LogP contribution in [0.3, 0.4) is 0 Å². The lowest BCUT2D eigenvalue weighted by Crippen LogP contribution is -2.64. The van der Waals surface area contributed by atoms with Crippen LogP contribution in [0, 0.1) is 0 Å². The molecule has 0 spiro atoms. The van der Waals surface area contributed by atoms with Gasteiger partial charge < -0.3 is 44.6 Å². The van der Waals surface area contributed by atoms with Gasteiger partial charge in [0.2, 0.25) is 0 Å². The van der Waals surface area contributed by atoms with Crippen molar-refractivity contribution >= 4 is 27.6 Å². The van der Waals surface area contributed by atoms with Crippen LogP contribution in [0.5, 0.6) is 0 Å². The van der Waals surface area contributed by atoms with Crippen molar-refractivity contribution in [3.05, 3.63) is 12.2 Å². The van der Waals surface area contributed by atoms with Gasteiger partial charge in [0, 0.05) is 12.8 Å². The number of phosphoric acid groups is 2. The Kier molecular flexibility index (Phi) is 34.9. The van der Waals surface area contributed by atoms with Crippen molar-refractivity contribution in [2.75, 3.05) is 13.2 Å². The number of rotatable bonds is 41. The monoisotopic (exact) mass is 945 g/mol. The van der Waals surface area contributed by atoms with E-state index in [1.165, 1.54) is 89.9 Å². The fourth-order valence-corrected chi connectivity index (χ4v) is 9.09. The maximum absolute atomic E-state index is 13.0. The van der Waals surface area contributed by atoms with Crippen LogP contribution in [-0.4, -0.2) is 103 Å². The summed E-state index contributed by atoms with van der Waals surface area (Å²) >= 11 is 0. The standard InChI is InChI=1S/C45H86O16P2/c1-3-5-7-9-11-13-15-17-19-21-23-25-27-29-31-33-38(46)57-35-37(59-39(47)34-32-30-28-26-24-22-20-18-16-14-12-10-8-6-4-2)36-58-63(55,56)61-45-42(50)40(48)41(49)44(43(45)51)60-62(52,53)54/h14,16,37,40-45,48-51H,3-13,15,17-36H2,1-2H3,(H,55,56)(H2,52,53,54)/t37-,40?,41?,42?,43?,44-,45+/m1/s1. The van der Waals surface area contributed by atoms with Crippen molar-refractivity contribution in [2.45, 2.75) is 249 Å². The molecule has 7 N–H and O–H groups in total. The van der Waals surface area contributed by atoms with Crippen LogP contribution in [0.25, 0.3) is 0 Å². The van der Waals surface area contributed by atoms with Gasteiger partial charge in [-0.2, -0.15) is 0 Å². The molecule has 0 aromatic carbocycles. The van der Waals surface area contributed by atoms with E-state index in [0.29, 0.717) is 12.8 Å². The van der Waals surface area contributed by atoms with Gasteiger partial charge in [0.05, 0.1) is 6.61 Å². The quantitative estimate of drug-likeness (QED) is 0.0130. The largest absolute Gasteiger partial charge is 0.472 e. The van der Waals surface area contributed by atoms with E-state index in [2.05, 4.69) is 30.5 Å². The third kappa shape index (κ3) is 31.4. The zero-order valence-corrected chi connectivity index (χ0v) is 40.3. The van der Waals surface area contributed by atoms with Crippen LogP contribution < -0.4 is 0 Å². The Bertz CT molecular complexity index is 1280. The molecule has 8 atom stereocenters. The molecule has 1 rings (SSSR count). The Hall–Kier alpha value is -1.26. The normalized spacial score (nSPS) is 22.0. The SMILES string of the molecule is CCCCCCC=CCCCCCCCCCC(=O)O[C@H](COC(=O)CCCCCCCCCCCCCCCCC)COP(=O)(O)O[C@H]1C(O)C(O)C(O)[C@@H](OP(=O)(O)O)C1O. The number of ether oxygens (including phenoxy) is 2. The van der Waals surface area contributed by atoms with E-state index in [4.69, 9.17) is 18.5 Å². The summed E-state index contributed by atoms with van der Waals surface area (Å²) in [6.45, 7) is 3.11. The Labute approximate surface area is 378 Å². The molecule has 0 aromatic heterocycles. The zero-order valence-electron chi connectivity index (χ0n) is 38.5. The van der Waals surface area contributed by atoms with Gasteiger partial charge in [0.15, 0.2) is 6.10 Å². The molecular formula is C45H86O16P2. The summed E-state index contributed by atoms with van der Waals surface area (Å²) in [6, 6.07) is 0. The smallest absolute Gasteiger partial charge is 0.462 e. The van der Waals surface area contributed by atoms with Crippen molar-refractivity contribution in [1.82, 2.24) is 0 Å². The molecule has 1 fully saturated rings. The number of allylic oxidation sites excluding steroid dienone is 2. The first kappa shape index (κ1) is 59.8. The van der Waals surface area contributed by atoms with Crippen LogP contribution in [0.15, 0.2) is 12.2 Å². The molecule has 0 aromatic rings. The topological polar surface area (TPSA) is 256 Å². The molecular weight excluding hydrogens is 858 g/mol. The molecule has 0 bridgehead atoms. The first-order valence-electron chi connectivity index (χ1n) is 24.2. The molecule has 18 heteroatoms. The van der Waals surface area contributed by atoms with Crippen LogP contribution in [0.2, 0.25) is 0 Å². The Morgan fingerprint density at radius 2 is 0.873 bits per heavy atom. The highest BCUT2D eigenvalue weighted by Crippen LogP contribution is 2.49. The number of esters is 2. The fourth-order valence-electron chi connectivity index (χ4n) is 7.55. The van der Waals surface area contributed by atoms with E-state index in [9.17, 15) is 53.8 Å². The lowest BCUT2D eigenvalue weighted by Gasteiger charge is -2.43. The summed E-state index contributed by atoms with van der Waals surface area (Å²) in [5.41, 5.74) is 0. The molecule has 0 heterocycles. The van der Waals surface area contributed by atoms with E-state index in [1.54, 1.807) is 0 Å². The predicted molar refractivity (Wildman–Crippen MR) is 241 cm³/mol. The number of unbranched alkanes of at least 4 members (excludes halogenated alkanes) is 25. The molecule has 5 unspecified atom stereocenters. The van der Waals surface area contributed by atoms with Crippen LogP contribution in [0.4, 0.5) is 0 Å². The minimum atomic E-state index is -5.36. The molecule has 0 saturated heterocycles. The first-order chi connectivity index (χ1) is 30.1. The first-order valence-corrected chi connectivity index (χ1v) is 27.3. The molecule has 1 aliphatic carbocycles. The lowest BCUT2D eigenvalue weighted by molar-refractivity contribution is -0.216. The maximum atomic E-state index is 13.0. The third-order valence-electron chi connectivity index (χ3n) is 11.3. The Morgan fingerprint density at radius 1 is 0.492 bits per heavy atom. The number of phosphoric ester groups is 2. The van der Waals surface area contributed by atoms with Crippen LogP contribution in [0.1, 0.15) is 206 Å². The van der Waals surface area contributed by atoms with Gasteiger partial charge >= 0.3 is 27.6 Å². The highest BCUT2D eigenvalue weighted by atomic mass is 31.2. The van der Waals surface area contributed by atoms with Crippen molar-refractivity contribution in [1.29, 1.82) is 0 Å². The summed E-state index contributed by atoms with van der Waals surface area (Å²) in [5, 5.41) is 41.2. The van der Waals surface area contributed by atoms with Crippen molar-refractivity contribution in [3.63, 3.8) is 0 Å². The molecule has 0 amide bonds. The number of aliphatic hydroxyl groups is 4. The van der Waals surface area contributed by atoms with Gasteiger partial charge in [-0.3, -0.25) is 23.2 Å². The van der Waals surface area contributed by atoms with Gasteiger partial charge in [0.1, 0.15) is 43.2 Å². The molecule has 1 saturated carbocycles. The Balaban J connectivity index is 2.58. The second-order valence-electron chi connectivity index (χ2n) is 17.2. The molecule has 0 radical (unpaired) electrons. The van der Waals surface area contributed by atoms with Gasteiger partial charge in [-0.25, -0.2) is 9.13 Å². The van der Waals surface area contributed by atoms with Crippen molar-refractivity contribution < 1.29 is 76.9 Å². The van der Waals surface area contributed by atoms with E-state index in [0.717, 1.165) is 77.0 Å². The summed E-state index contributed by atoms with van der Waals surface area (Å²) in [6.07, 6.45) is 21.6. The minimum absolute atomic E-state index is 0.0432. The number of carbonyl (C=O) groups is 2. The summed E-state index contributed by atoms with van der Waals surface area (Å²) in [4.78, 5) is 54.3. The third-order valence-corrected chi connectivity index (χ3v) is 12.8. The molecule has 16 nitrogen and oxygen atoms in total. The van der Waals surface area contributed by atoms with E-state index in [1.807, 2.05) is 0 Å².